The van der Waals surface area contributed by atoms with Crippen molar-refractivity contribution in [2.24, 2.45) is 4.99 Å². The Morgan fingerprint density at radius 3 is 2.59 bits per heavy atom. The summed E-state index contributed by atoms with van der Waals surface area (Å²) in [4.78, 5) is 20.3. The van der Waals surface area contributed by atoms with Crippen molar-refractivity contribution >= 4 is 23.7 Å². The average molecular weight is 327 g/mol. The summed E-state index contributed by atoms with van der Waals surface area (Å²) in [5.74, 6) is 2.92. The van der Waals surface area contributed by atoms with E-state index >= 15 is 0 Å². The van der Waals surface area contributed by atoms with Crippen LogP contribution in [0.4, 0.5) is 4.79 Å². The van der Waals surface area contributed by atoms with Crippen LogP contribution in [0.25, 0.3) is 0 Å². The van der Waals surface area contributed by atoms with Gasteiger partial charge >= 0.3 is 6.09 Å². The summed E-state index contributed by atoms with van der Waals surface area (Å²) in [6.07, 6.45) is -0.532. The zero-order valence-electron chi connectivity index (χ0n) is 13.3. The van der Waals surface area contributed by atoms with Crippen LogP contribution in [0.2, 0.25) is 0 Å². The Bertz CT molecular complexity index is 416. The molecular weight excluding hydrogens is 302 g/mol. The molecule has 0 N–H and O–H groups in total. The number of hydrogen-bond donors (Lipinski definition) is 0. The largest absolute Gasteiger partial charge is 0.447 e. The Hall–Kier alpha value is -1.05. The fraction of sp³-hybridized carbons (Fsp3) is 0.733. The summed E-state index contributed by atoms with van der Waals surface area (Å²) in [6, 6.07) is 0. The lowest BCUT2D eigenvalue weighted by molar-refractivity contribution is 0.0679. The van der Waals surface area contributed by atoms with Crippen LogP contribution < -0.4 is 0 Å². The lowest BCUT2D eigenvalue weighted by atomic mass is 10.2. The second kappa shape index (κ2) is 9.17. The topological polar surface area (TPSA) is 54.4 Å². The molecule has 2 fully saturated rings. The minimum absolute atomic E-state index is 0.388. The fourth-order valence-electron chi connectivity index (χ4n) is 2.42. The van der Waals surface area contributed by atoms with E-state index in [9.17, 15) is 4.79 Å². The van der Waals surface area contributed by atoms with E-state index in [1.165, 1.54) is 0 Å². The summed E-state index contributed by atoms with van der Waals surface area (Å²) < 4.78 is 10.6. The zero-order valence-corrected chi connectivity index (χ0v) is 14.1. The molecule has 0 spiro atoms. The van der Waals surface area contributed by atoms with E-state index in [2.05, 4.69) is 16.5 Å². The van der Waals surface area contributed by atoms with Gasteiger partial charge in [0.05, 0.1) is 13.2 Å². The van der Waals surface area contributed by atoms with Crippen LogP contribution in [0.15, 0.2) is 17.1 Å². The maximum absolute atomic E-state index is 11.9. The Kier molecular flexibility index (Phi) is 7.21. The number of morpholine rings is 1. The number of nitrogens with zero attached hydrogens (tertiary/aromatic N) is 3. The number of amides is 1. The Labute approximate surface area is 136 Å². The predicted molar refractivity (Wildman–Crippen MR) is 89.8 cm³/mol. The molecule has 2 rings (SSSR count). The van der Waals surface area contributed by atoms with Gasteiger partial charge in [-0.2, -0.15) is 16.8 Å². The van der Waals surface area contributed by atoms with Crippen molar-refractivity contribution < 1.29 is 14.3 Å². The van der Waals surface area contributed by atoms with Gasteiger partial charge in [-0.15, -0.1) is 0 Å². The predicted octanol–water partition coefficient (Wildman–Crippen LogP) is 1.48. The second-order valence-electron chi connectivity index (χ2n) is 5.38. The smallest absolute Gasteiger partial charge is 0.435 e. The van der Waals surface area contributed by atoms with Gasteiger partial charge in [-0.25, -0.2) is 4.79 Å². The van der Waals surface area contributed by atoms with Crippen molar-refractivity contribution in [2.75, 3.05) is 64.1 Å². The summed E-state index contributed by atoms with van der Waals surface area (Å²) in [5.41, 5.74) is 0.770. The van der Waals surface area contributed by atoms with Gasteiger partial charge < -0.3 is 14.4 Å². The minimum atomic E-state index is -0.532. The van der Waals surface area contributed by atoms with Crippen molar-refractivity contribution in [3.05, 3.63) is 12.2 Å². The van der Waals surface area contributed by atoms with E-state index in [-0.39, 0.29) is 0 Å². The molecular formula is C15H25N3O3S. The van der Waals surface area contributed by atoms with E-state index in [0.717, 1.165) is 49.8 Å². The molecule has 6 nitrogen and oxygen atoms in total. The summed E-state index contributed by atoms with van der Waals surface area (Å²) in [6.45, 7) is 11.8. The fourth-order valence-corrected chi connectivity index (χ4v) is 3.40. The number of ether oxygens (including phenoxy) is 2. The SMILES string of the molecule is C=C(C)/C(=N/C(=O)OCCN1CCSCC1)N1CCOCC1. The summed E-state index contributed by atoms with van der Waals surface area (Å²) in [5, 5.41) is 0. The van der Waals surface area contributed by atoms with Crippen LogP contribution in [0, 0.1) is 0 Å². The van der Waals surface area contributed by atoms with Crippen molar-refractivity contribution in [1.29, 1.82) is 0 Å². The van der Waals surface area contributed by atoms with Gasteiger partial charge in [-0.1, -0.05) is 6.58 Å². The van der Waals surface area contributed by atoms with Crippen LogP contribution in [-0.2, 0) is 9.47 Å². The molecule has 2 aliphatic heterocycles. The Balaban J connectivity index is 1.79. The first-order valence-electron chi connectivity index (χ1n) is 7.71. The number of carbonyl (C=O) groups is 1. The number of carbonyl (C=O) groups excluding carboxylic acids is 1. The van der Waals surface area contributed by atoms with Crippen LogP contribution in [0.5, 0.6) is 0 Å². The molecule has 0 unspecified atom stereocenters. The van der Waals surface area contributed by atoms with E-state index in [0.29, 0.717) is 25.7 Å². The Morgan fingerprint density at radius 1 is 1.27 bits per heavy atom. The van der Waals surface area contributed by atoms with Crippen LogP contribution in [0.1, 0.15) is 6.92 Å². The summed E-state index contributed by atoms with van der Waals surface area (Å²) >= 11 is 1.97. The van der Waals surface area contributed by atoms with Gasteiger partial charge in [0, 0.05) is 44.2 Å². The van der Waals surface area contributed by atoms with Crippen LogP contribution in [0.3, 0.4) is 0 Å². The molecule has 0 aromatic heterocycles. The highest BCUT2D eigenvalue weighted by molar-refractivity contribution is 7.99. The van der Waals surface area contributed by atoms with E-state index in [1.807, 2.05) is 23.6 Å². The zero-order chi connectivity index (χ0) is 15.8. The molecule has 2 saturated heterocycles. The third-order valence-electron chi connectivity index (χ3n) is 3.63. The van der Waals surface area contributed by atoms with Crippen molar-refractivity contribution in [3.8, 4) is 0 Å². The number of hydrogen-bond acceptors (Lipinski definition) is 5. The second-order valence-corrected chi connectivity index (χ2v) is 6.61. The Morgan fingerprint density at radius 2 is 1.95 bits per heavy atom. The highest BCUT2D eigenvalue weighted by Gasteiger charge is 2.18. The van der Waals surface area contributed by atoms with Gasteiger partial charge in [-0.05, 0) is 12.5 Å². The normalized spacial score (nSPS) is 20.8. The monoisotopic (exact) mass is 327 g/mol. The maximum Gasteiger partial charge on any atom is 0.435 e. The maximum atomic E-state index is 11.9. The summed E-state index contributed by atoms with van der Waals surface area (Å²) in [7, 11) is 0. The molecule has 124 valence electrons. The molecule has 0 saturated carbocycles. The van der Waals surface area contributed by atoms with Crippen molar-refractivity contribution in [3.63, 3.8) is 0 Å². The number of aliphatic imine (C=N–C) groups is 1. The lowest BCUT2D eigenvalue weighted by Crippen LogP contribution is -2.41. The first kappa shape index (κ1) is 17.3. The van der Waals surface area contributed by atoms with Gasteiger partial charge in [0.1, 0.15) is 12.4 Å². The first-order valence-corrected chi connectivity index (χ1v) is 8.86. The van der Waals surface area contributed by atoms with Crippen molar-refractivity contribution in [2.45, 2.75) is 6.92 Å². The van der Waals surface area contributed by atoms with Gasteiger partial charge in [-0.3, -0.25) is 4.90 Å². The lowest BCUT2D eigenvalue weighted by Gasteiger charge is -2.29. The first-order chi connectivity index (χ1) is 10.7. The highest BCUT2D eigenvalue weighted by Crippen LogP contribution is 2.09. The van der Waals surface area contributed by atoms with E-state index < -0.39 is 6.09 Å². The molecule has 0 radical (unpaired) electrons. The van der Waals surface area contributed by atoms with Gasteiger partial charge in [0.15, 0.2) is 0 Å². The number of amidine groups is 1. The van der Waals surface area contributed by atoms with Gasteiger partial charge in [0.25, 0.3) is 0 Å². The number of rotatable bonds is 4. The van der Waals surface area contributed by atoms with Gasteiger partial charge in [0.2, 0.25) is 0 Å². The quantitative estimate of drug-likeness (QED) is 0.576. The van der Waals surface area contributed by atoms with E-state index in [1.54, 1.807) is 0 Å². The van der Waals surface area contributed by atoms with Crippen LogP contribution >= 0.6 is 11.8 Å². The van der Waals surface area contributed by atoms with E-state index in [4.69, 9.17) is 9.47 Å². The van der Waals surface area contributed by atoms with Crippen LogP contribution in [-0.4, -0.2) is 85.8 Å². The average Bonchev–Trinajstić information content (AvgIpc) is 2.54. The molecule has 22 heavy (non-hydrogen) atoms. The minimum Gasteiger partial charge on any atom is -0.447 e. The molecule has 0 aromatic carbocycles. The van der Waals surface area contributed by atoms with Crippen molar-refractivity contribution in [1.82, 2.24) is 9.80 Å². The molecule has 0 aliphatic carbocycles. The third-order valence-corrected chi connectivity index (χ3v) is 4.57. The molecule has 0 atom stereocenters. The number of thioether (sulfide) groups is 1. The standard InChI is InChI=1S/C15H25N3O3S/c1-13(2)14(18-4-8-20-9-5-18)16-15(19)21-10-3-17-6-11-22-12-7-17/h1,3-12H2,2H3/b16-14-. The highest BCUT2D eigenvalue weighted by atomic mass is 32.2. The molecule has 2 heterocycles. The molecule has 2 aliphatic rings. The molecule has 1 amide bonds. The molecule has 0 aromatic rings. The molecule has 7 heteroatoms. The molecule has 0 bridgehead atoms. The third kappa shape index (κ3) is 5.62.